The van der Waals surface area contributed by atoms with Crippen molar-refractivity contribution in [1.82, 2.24) is 10.4 Å². The number of carbonyl (C=O) groups is 1. The molecule has 2 amide bonds. The van der Waals surface area contributed by atoms with Crippen LogP contribution in [0.25, 0.3) is 0 Å². The molecule has 2 aliphatic rings. The Morgan fingerprint density at radius 1 is 1.20 bits per heavy atom. The van der Waals surface area contributed by atoms with Crippen LogP contribution in [0.2, 0.25) is 0 Å². The molecule has 6 nitrogen and oxygen atoms in total. The third-order valence-corrected chi connectivity index (χ3v) is 5.03. The largest absolute Gasteiger partial charge is 0.494 e. The first-order valence-corrected chi connectivity index (χ1v) is 9.23. The normalized spacial score (nSPS) is 20.1. The Morgan fingerprint density at radius 3 is 2.60 bits per heavy atom. The van der Waals surface area contributed by atoms with Gasteiger partial charge in [0.1, 0.15) is 5.75 Å². The number of hydrogen-bond acceptors (Lipinski definition) is 4. The number of nitrogens with one attached hydrogen (secondary N) is 1. The van der Waals surface area contributed by atoms with Crippen LogP contribution in [0.4, 0.5) is 4.79 Å². The molecule has 6 heteroatoms. The zero-order valence-corrected chi connectivity index (χ0v) is 15.0. The summed E-state index contributed by atoms with van der Waals surface area (Å²) in [5, 5.41) is 4.53. The Bertz CT molecular complexity index is 549. The predicted octanol–water partition coefficient (Wildman–Crippen LogP) is 2.87. The monoisotopic (exact) mass is 348 g/mol. The highest BCUT2D eigenvalue weighted by Gasteiger charge is 2.35. The van der Waals surface area contributed by atoms with Crippen molar-refractivity contribution in [2.75, 3.05) is 39.5 Å². The molecule has 0 aromatic heterocycles. The fraction of sp³-hybridized carbons (Fsp3) is 0.632. The molecule has 1 aromatic rings. The van der Waals surface area contributed by atoms with Crippen LogP contribution in [0.5, 0.6) is 5.75 Å². The maximum absolute atomic E-state index is 12.4. The van der Waals surface area contributed by atoms with Gasteiger partial charge in [0.15, 0.2) is 0 Å². The SMILES string of the molecule is CCOc1ccc(C2(CNC(=O)N3CCCCO3)CCOCC2)cc1. The van der Waals surface area contributed by atoms with Gasteiger partial charge in [0.2, 0.25) is 0 Å². The highest BCUT2D eigenvalue weighted by atomic mass is 16.7. The van der Waals surface area contributed by atoms with Gasteiger partial charge in [0.25, 0.3) is 0 Å². The average Bonchev–Trinajstić information content (AvgIpc) is 2.68. The molecular weight excluding hydrogens is 320 g/mol. The summed E-state index contributed by atoms with van der Waals surface area (Å²) in [5.74, 6) is 0.874. The molecule has 0 bridgehead atoms. The highest BCUT2D eigenvalue weighted by Crippen LogP contribution is 2.35. The molecule has 3 rings (SSSR count). The van der Waals surface area contributed by atoms with Crippen molar-refractivity contribution >= 4 is 6.03 Å². The molecule has 0 atom stereocenters. The lowest BCUT2D eigenvalue weighted by atomic mass is 9.74. The number of ether oxygens (including phenoxy) is 2. The third-order valence-electron chi connectivity index (χ3n) is 5.03. The Kier molecular flexibility index (Phi) is 6.15. The highest BCUT2D eigenvalue weighted by molar-refractivity contribution is 5.73. The van der Waals surface area contributed by atoms with Crippen LogP contribution in [0.3, 0.4) is 0 Å². The second-order valence-electron chi connectivity index (χ2n) is 6.65. The van der Waals surface area contributed by atoms with Gasteiger partial charge in [-0.15, -0.1) is 0 Å². The number of benzene rings is 1. The van der Waals surface area contributed by atoms with Crippen LogP contribution in [0.1, 0.15) is 38.2 Å². The standard InChI is InChI=1S/C19H28N2O4/c1-2-24-17-7-5-16(6-8-17)19(9-13-23-14-10-19)15-20-18(22)21-11-3-4-12-25-21/h5-8H,2-4,9-15H2,1H3,(H,20,22). The Morgan fingerprint density at radius 2 is 1.96 bits per heavy atom. The topological polar surface area (TPSA) is 60.0 Å². The van der Waals surface area contributed by atoms with E-state index in [0.29, 0.717) is 39.5 Å². The molecule has 1 aromatic carbocycles. The smallest absolute Gasteiger partial charge is 0.341 e. The van der Waals surface area contributed by atoms with Crippen LogP contribution in [0, 0.1) is 0 Å². The van der Waals surface area contributed by atoms with Crippen molar-refractivity contribution in [3.05, 3.63) is 29.8 Å². The van der Waals surface area contributed by atoms with E-state index in [1.54, 1.807) is 0 Å². The maximum Gasteiger partial charge on any atom is 0.341 e. The van der Waals surface area contributed by atoms with Crippen molar-refractivity contribution in [3.8, 4) is 5.75 Å². The molecule has 0 radical (unpaired) electrons. The fourth-order valence-electron chi connectivity index (χ4n) is 3.49. The van der Waals surface area contributed by atoms with Gasteiger partial charge in [0, 0.05) is 25.2 Å². The van der Waals surface area contributed by atoms with E-state index < -0.39 is 0 Å². The van der Waals surface area contributed by atoms with Crippen LogP contribution in [-0.4, -0.2) is 50.6 Å². The van der Waals surface area contributed by atoms with Gasteiger partial charge in [-0.3, -0.25) is 4.84 Å². The average molecular weight is 348 g/mol. The summed E-state index contributed by atoms with van der Waals surface area (Å²) in [7, 11) is 0. The first-order valence-electron chi connectivity index (χ1n) is 9.23. The molecule has 0 aliphatic carbocycles. The molecular formula is C19H28N2O4. The first kappa shape index (κ1) is 18.0. The molecule has 2 fully saturated rings. The van der Waals surface area contributed by atoms with E-state index in [2.05, 4.69) is 17.4 Å². The molecule has 2 heterocycles. The van der Waals surface area contributed by atoms with E-state index in [1.807, 2.05) is 19.1 Å². The number of hydrogen-bond donors (Lipinski definition) is 1. The Hall–Kier alpha value is -1.79. The van der Waals surface area contributed by atoms with Crippen molar-refractivity contribution in [2.45, 2.75) is 38.0 Å². The minimum Gasteiger partial charge on any atom is -0.494 e. The predicted molar refractivity (Wildman–Crippen MR) is 94.6 cm³/mol. The quantitative estimate of drug-likeness (QED) is 0.889. The number of carbonyl (C=O) groups excluding carboxylic acids is 1. The first-order chi connectivity index (χ1) is 12.2. The molecule has 0 spiro atoms. The van der Waals surface area contributed by atoms with Gasteiger partial charge in [-0.1, -0.05) is 12.1 Å². The molecule has 0 saturated carbocycles. The molecule has 2 aliphatic heterocycles. The van der Waals surface area contributed by atoms with Gasteiger partial charge in [-0.05, 0) is 50.3 Å². The number of hydroxylamine groups is 2. The zero-order chi connectivity index (χ0) is 17.5. The lowest BCUT2D eigenvalue weighted by Gasteiger charge is -2.38. The molecule has 25 heavy (non-hydrogen) atoms. The van der Waals surface area contributed by atoms with Crippen LogP contribution >= 0.6 is 0 Å². The van der Waals surface area contributed by atoms with E-state index in [0.717, 1.165) is 31.4 Å². The summed E-state index contributed by atoms with van der Waals surface area (Å²) in [4.78, 5) is 17.8. The van der Waals surface area contributed by atoms with Gasteiger partial charge in [-0.25, -0.2) is 9.86 Å². The summed E-state index contributed by atoms with van der Waals surface area (Å²) in [6.07, 6.45) is 3.78. The van der Waals surface area contributed by atoms with Gasteiger partial charge in [-0.2, -0.15) is 0 Å². The number of nitrogens with zero attached hydrogens (tertiary/aromatic N) is 1. The maximum atomic E-state index is 12.4. The van der Waals surface area contributed by atoms with Crippen LogP contribution in [-0.2, 0) is 15.0 Å². The minimum atomic E-state index is -0.142. The molecule has 138 valence electrons. The summed E-state index contributed by atoms with van der Waals surface area (Å²) < 4.78 is 11.1. The minimum absolute atomic E-state index is 0.103. The Balaban J connectivity index is 1.68. The van der Waals surface area contributed by atoms with E-state index in [-0.39, 0.29) is 11.4 Å². The lowest BCUT2D eigenvalue weighted by molar-refractivity contribution is -0.139. The van der Waals surface area contributed by atoms with Crippen molar-refractivity contribution < 1.29 is 19.1 Å². The van der Waals surface area contributed by atoms with Crippen molar-refractivity contribution in [1.29, 1.82) is 0 Å². The molecule has 2 saturated heterocycles. The summed E-state index contributed by atoms with van der Waals surface area (Å²) >= 11 is 0. The van der Waals surface area contributed by atoms with Crippen molar-refractivity contribution in [2.24, 2.45) is 0 Å². The van der Waals surface area contributed by atoms with E-state index in [9.17, 15) is 4.79 Å². The molecule has 1 N–H and O–H groups in total. The second kappa shape index (κ2) is 8.54. The van der Waals surface area contributed by atoms with Crippen LogP contribution < -0.4 is 10.1 Å². The van der Waals surface area contributed by atoms with Crippen LogP contribution in [0.15, 0.2) is 24.3 Å². The lowest BCUT2D eigenvalue weighted by Crippen LogP contribution is -2.49. The number of amides is 2. The number of rotatable bonds is 5. The fourth-order valence-corrected chi connectivity index (χ4v) is 3.49. The van der Waals surface area contributed by atoms with Gasteiger partial charge >= 0.3 is 6.03 Å². The summed E-state index contributed by atoms with van der Waals surface area (Å²) in [5.41, 5.74) is 1.12. The summed E-state index contributed by atoms with van der Waals surface area (Å²) in [6, 6.07) is 8.09. The van der Waals surface area contributed by atoms with Crippen molar-refractivity contribution in [3.63, 3.8) is 0 Å². The van der Waals surface area contributed by atoms with E-state index >= 15 is 0 Å². The Labute approximate surface area is 149 Å². The zero-order valence-electron chi connectivity index (χ0n) is 15.0. The number of urea groups is 1. The third kappa shape index (κ3) is 4.44. The van der Waals surface area contributed by atoms with Gasteiger partial charge in [0.05, 0.1) is 19.8 Å². The van der Waals surface area contributed by atoms with E-state index in [1.165, 1.54) is 10.6 Å². The van der Waals surface area contributed by atoms with Gasteiger partial charge < -0.3 is 14.8 Å². The van der Waals surface area contributed by atoms with E-state index in [4.69, 9.17) is 14.3 Å². The molecule has 0 unspecified atom stereocenters. The second-order valence-corrected chi connectivity index (χ2v) is 6.65. The summed E-state index contributed by atoms with van der Waals surface area (Å²) in [6.45, 7) is 5.92.